The number of aryl methyl sites for hydroxylation is 1. The number of halogens is 2. The minimum Gasteiger partial charge on any atom is -0.507 e. The first-order chi connectivity index (χ1) is 5.15. The van der Waals surface area contributed by atoms with Crippen LogP contribution in [0.5, 0.6) is 5.75 Å². The SMILES string of the molecule is CCc1cc(Cl)cc(O)c1I. The fraction of sp³-hybridized carbons (Fsp3) is 0.250. The van der Waals surface area contributed by atoms with Crippen LogP contribution in [-0.4, -0.2) is 5.11 Å². The van der Waals surface area contributed by atoms with Gasteiger partial charge in [0.1, 0.15) is 5.75 Å². The Balaban J connectivity index is 3.24. The molecule has 1 aromatic rings. The van der Waals surface area contributed by atoms with Crippen molar-refractivity contribution in [2.75, 3.05) is 0 Å². The summed E-state index contributed by atoms with van der Waals surface area (Å²) in [5.74, 6) is 0.273. The molecule has 3 heteroatoms. The summed E-state index contributed by atoms with van der Waals surface area (Å²) in [6.07, 6.45) is 0.895. The van der Waals surface area contributed by atoms with Crippen LogP contribution in [0.2, 0.25) is 5.02 Å². The summed E-state index contributed by atoms with van der Waals surface area (Å²) in [7, 11) is 0. The molecule has 0 bridgehead atoms. The van der Waals surface area contributed by atoms with E-state index in [1.807, 2.05) is 13.0 Å². The van der Waals surface area contributed by atoms with Gasteiger partial charge in [0.25, 0.3) is 0 Å². The minimum atomic E-state index is 0.273. The monoisotopic (exact) mass is 282 g/mol. The summed E-state index contributed by atoms with van der Waals surface area (Å²) in [5, 5.41) is 9.92. The Labute approximate surface area is 84.5 Å². The van der Waals surface area contributed by atoms with Crippen LogP contribution in [0.4, 0.5) is 0 Å². The topological polar surface area (TPSA) is 20.2 Å². The average Bonchev–Trinajstić information content (AvgIpc) is 1.96. The van der Waals surface area contributed by atoms with Gasteiger partial charge in [0.05, 0.1) is 3.57 Å². The molecule has 0 aliphatic carbocycles. The van der Waals surface area contributed by atoms with Crippen molar-refractivity contribution in [2.45, 2.75) is 13.3 Å². The first-order valence-electron chi connectivity index (χ1n) is 3.32. The van der Waals surface area contributed by atoms with E-state index in [0.717, 1.165) is 15.6 Å². The number of hydrogen-bond acceptors (Lipinski definition) is 1. The highest BCUT2D eigenvalue weighted by molar-refractivity contribution is 14.1. The Morgan fingerprint density at radius 3 is 2.73 bits per heavy atom. The van der Waals surface area contributed by atoms with Gasteiger partial charge in [-0.1, -0.05) is 18.5 Å². The molecule has 11 heavy (non-hydrogen) atoms. The van der Waals surface area contributed by atoms with E-state index in [0.29, 0.717) is 5.02 Å². The fourth-order valence-corrected chi connectivity index (χ4v) is 1.82. The van der Waals surface area contributed by atoms with E-state index in [4.69, 9.17) is 11.6 Å². The van der Waals surface area contributed by atoms with Crippen molar-refractivity contribution < 1.29 is 5.11 Å². The maximum Gasteiger partial charge on any atom is 0.130 e. The van der Waals surface area contributed by atoms with Gasteiger partial charge in [-0.2, -0.15) is 0 Å². The molecule has 0 heterocycles. The third-order valence-electron chi connectivity index (χ3n) is 1.47. The molecular formula is C8H8ClIO. The molecule has 0 saturated carbocycles. The lowest BCUT2D eigenvalue weighted by atomic mass is 10.2. The van der Waals surface area contributed by atoms with Gasteiger partial charge in [0, 0.05) is 5.02 Å². The zero-order valence-electron chi connectivity index (χ0n) is 6.06. The molecule has 0 aliphatic heterocycles. The average molecular weight is 283 g/mol. The summed E-state index contributed by atoms with van der Waals surface area (Å²) in [6, 6.07) is 3.44. The van der Waals surface area contributed by atoms with E-state index in [-0.39, 0.29) is 5.75 Å². The Bertz CT molecular complexity index is 273. The normalized spacial score (nSPS) is 10.1. The van der Waals surface area contributed by atoms with Crippen LogP contribution < -0.4 is 0 Å². The number of rotatable bonds is 1. The smallest absolute Gasteiger partial charge is 0.130 e. The predicted molar refractivity (Wildman–Crippen MR) is 55.2 cm³/mol. The van der Waals surface area contributed by atoms with Gasteiger partial charge >= 0.3 is 0 Å². The maximum atomic E-state index is 9.32. The Morgan fingerprint density at radius 1 is 1.55 bits per heavy atom. The van der Waals surface area contributed by atoms with Crippen LogP contribution in [0.1, 0.15) is 12.5 Å². The molecule has 0 radical (unpaired) electrons. The van der Waals surface area contributed by atoms with Crippen LogP contribution in [0, 0.1) is 3.57 Å². The van der Waals surface area contributed by atoms with Gasteiger partial charge in [0.2, 0.25) is 0 Å². The molecule has 1 aromatic carbocycles. The van der Waals surface area contributed by atoms with Crippen molar-refractivity contribution in [3.05, 3.63) is 26.3 Å². The van der Waals surface area contributed by atoms with Gasteiger partial charge in [-0.3, -0.25) is 0 Å². The second kappa shape index (κ2) is 3.63. The van der Waals surface area contributed by atoms with Crippen LogP contribution in [0.15, 0.2) is 12.1 Å². The van der Waals surface area contributed by atoms with Gasteiger partial charge in [0.15, 0.2) is 0 Å². The van der Waals surface area contributed by atoms with Gasteiger partial charge in [-0.25, -0.2) is 0 Å². The first kappa shape index (κ1) is 9.13. The summed E-state index contributed by atoms with van der Waals surface area (Å²) in [5.41, 5.74) is 1.09. The first-order valence-corrected chi connectivity index (χ1v) is 4.77. The van der Waals surface area contributed by atoms with E-state index < -0.39 is 0 Å². The van der Waals surface area contributed by atoms with Crippen molar-refractivity contribution in [2.24, 2.45) is 0 Å². The third-order valence-corrected chi connectivity index (χ3v) is 2.94. The Hall–Kier alpha value is 0.0400. The number of hydrogen-bond donors (Lipinski definition) is 1. The van der Waals surface area contributed by atoms with E-state index in [2.05, 4.69) is 22.6 Å². The highest BCUT2D eigenvalue weighted by Crippen LogP contribution is 2.27. The molecule has 0 spiro atoms. The lowest BCUT2D eigenvalue weighted by Gasteiger charge is -2.03. The van der Waals surface area contributed by atoms with Gasteiger partial charge in [-0.05, 0) is 46.7 Å². The van der Waals surface area contributed by atoms with Crippen LogP contribution in [0.25, 0.3) is 0 Å². The zero-order valence-corrected chi connectivity index (χ0v) is 8.98. The molecule has 0 saturated heterocycles. The van der Waals surface area contributed by atoms with Crippen molar-refractivity contribution in [1.29, 1.82) is 0 Å². The molecule has 1 nitrogen and oxygen atoms in total. The number of phenols is 1. The van der Waals surface area contributed by atoms with Crippen molar-refractivity contribution in [3.63, 3.8) is 0 Å². The molecule has 0 unspecified atom stereocenters. The largest absolute Gasteiger partial charge is 0.507 e. The highest BCUT2D eigenvalue weighted by atomic mass is 127. The fourth-order valence-electron chi connectivity index (χ4n) is 0.887. The van der Waals surface area contributed by atoms with Crippen LogP contribution in [0.3, 0.4) is 0 Å². The molecule has 0 atom stereocenters. The second-order valence-electron chi connectivity index (χ2n) is 2.25. The third kappa shape index (κ3) is 1.99. The predicted octanol–water partition coefficient (Wildman–Crippen LogP) is 3.21. The quantitative estimate of drug-likeness (QED) is 0.784. The lowest BCUT2D eigenvalue weighted by Crippen LogP contribution is -1.86. The molecule has 1 rings (SSSR count). The molecular weight excluding hydrogens is 274 g/mol. The van der Waals surface area contributed by atoms with Crippen LogP contribution in [-0.2, 0) is 6.42 Å². The standard InChI is InChI=1S/C8H8ClIO/c1-2-5-3-6(9)4-7(11)8(5)10/h3-4,11H,2H2,1H3. The van der Waals surface area contributed by atoms with E-state index in [9.17, 15) is 5.11 Å². The van der Waals surface area contributed by atoms with E-state index >= 15 is 0 Å². The molecule has 0 aromatic heterocycles. The summed E-state index contributed by atoms with van der Waals surface area (Å²) in [4.78, 5) is 0. The molecule has 60 valence electrons. The van der Waals surface area contributed by atoms with Gasteiger partial charge in [-0.15, -0.1) is 0 Å². The summed E-state index contributed by atoms with van der Waals surface area (Å²) >= 11 is 7.85. The van der Waals surface area contributed by atoms with Crippen molar-refractivity contribution in [3.8, 4) is 5.75 Å². The van der Waals surface area contributed by atoms with E-state index in [1.54, 1.807) is 6.07 Å². The van der Waals surface area contributed by atoms with E-state index in [1.165, 1.54) is 0 Å². The van der Waals surface area contributed by atoms with Crippen molar-refractivity contribution in [1.82, 2.24) is 0 Å². The number of aromatic hydroxyl groups is 1. The number of benzene rings is 1. The Morgan fingerprint density at radius 2 is 2.18 bits per heavy atom. The molecule has 0 aliphatic rings. The number of phenolic OH excluding ortho intramolecular Hbond substituents is 1. The second-order valence-corrected chi connectivity index (χ2v) is 3.77. The van der Waals surface area contributed by atoms with Crippen molar-refractivity contribution >= 4 is 34.2 Å². The van der Waals surface area contributed by atoms with Crippen LogP contribution >= 0.6 is 34.2 Å². The minimum absolute atomic E-state index is 0.273. The molecule has 0 fully saturated rings. The summed E-state index contributed by atoms with van der Waals surface area (Å²) < 4.78 is 0.898. The Kier molecular flexibility index (Phi) is 3.01. The maximum absolute atomic E-state index is 9.32. The zero-order chi connectivity index (χ0) is 8.43. The summed E-state index contributed by atoms with van der Waals surface area (Å²) in [6.45, 7) is 2.03. The lowest BCUT2D eigenvalue weighted by molar-refractivity contribution is 0.470. The molecule has 1 N–H and O–H groups in total. The molecule has 0 amide bonds. The highest BCUT2D eigenvalue weighted by Gasteiger charge is 2.04. The van der Waals surface area contributed by atoms with Gasteiger partial charge < -0.3 is 5.11 Å².